The Morgan fingerprint density at radius 3 is 2.29 bits per heavy atom. The van der Waals surface area contributed by atoms with E-state index in [0.29, 0.717) is 0 Å². The number of halogens is 1. The van der Waals surface area contributed by atoms with Crippen LogP contribution in [0.2, 0.25) is 5.02 Å². The summed E-state index contributed by atoms with van der Waals surface area (Å²) in [7, 11) is -3.56. The van der Waals surface area contributed by atoms with Gasteiger partial charge in [-0.1, -0.05) is 11.6 Å². The number of carbonyl (C=O) groups is 1. The van der Waals surface area contributed by atoms with Gasteiger partial charge in [0.05, 0.1) is 21.9 Å². The van der Waals surface area contributed by atoms with Crippen molar-refractivity contribution in [2.24, 2.45) is 5.41 Å². The molecule has 2 bridgehead atoms. The second-order valence-electron chi connectivity index (χ2n) is 7.04. The molecule has 5 nitrogen and oxygen atoms in total. The van der Waals surface area contributed by atoms with Crippen LogP contribution in [0.25, 0.3) is 0 Å². The third-order valence-corrected chi connectivity index (χ3v) is 6.82. The number of amides is 1. The van der Waals surface area contributed by atoms with E-state index in [1.807, 2.05) is 0 Å². The zero-order valence-electron chi connectivity index (χ0n) is 13.4. The van der Waals surface area contributed by atoms with Crippen molar-refractivity contribution in [2.75, 3.05) is 6.26 Å². The number of fused-ring (bicyclic) bond motifs is 3. The number of carbonyl (C=O) groups excluding carboxylic acids is 1. The molecule has 1 aromatic rings. The van der Waals surface area contributed by atoms with Crippen LogP contribution in [0.5, 0.6) is 0 Å². The first-order valence-corrected chi connectivity index (χ1v) is 10.2. The zero-order chi connectivity index (χ0) is 17.6. The molecule has 3 saturated carbocycles. The quantitative estimate of drug-likeness (QED) is 0.890. The van der Waals surface area contributed by atoms with E-state index < -0.39 is 15.7 Å². The fourth-order valence-electron chi connectivity index (χ4n) is 3.84. The largest absolute Gasteiger partial charge is 0.347 e. The normalized spacial score (nSPS) is 29.0. The van der Waals surface area contributed by atoms with E-state index in [1.165, 1.54) is 18.2 Å². The summed E-state index contributed by atoms with van der Waals surface area (Å²) >= 11 is 5.89. The maximum atomic E-state index is 12.7. The Morgan fingerprint density at radius 2 is 1.79 bits per heavy atom. The van der Waals surface area contributed by atoms with Crippen LogP contribution in [0.15, 0.2) is 23.1 Å². The van der Waals surface area contributed by atoms with E-state index in [9.17, 15) is 18.5 Å². The monoisotopic (exact) mass is 366 g/mol. The SMILES string of the molecule is CS(=O)(=O)c1cc(Cl)ccc1C(=O)NC12CCC(C#N)(CC1)CC2. The lowest BCUT2D eigenvalue weighted by atomic mass is 9.58. The zero-order valence-corrected chi connectivity index (χ0v) is 15.0. The molecule has 3 aliphatic carbocycles. The lowest BCUT2D eigenvalue weighted by molar-refractivity contribution is 0.0519. The summed E-state index contributed by atoms with van der Waals surface area (Å²) in [4.78, 5) is 12.7. The maximum absolute atomic E-state index is 12.7. The Balaban J connectivity index is 1.86. The van der Waals surface area contributed by atoms with Crippen LogP contribution in [0.3, 0.4) is 0 Å². The number of nitriles is 1. The maximum Gasteiger partial charge on any atom is 0.253 e. The minimum absolute atomic E-state index is 0.0538. The van der Waals surface area contributed by atoms with E-state index in [2.05, 4.69) is 11.4 Å². The van der Waals surface area contributed by atoms with Gasteiger partial charge in [0.25, 0.3) is 5.91 Å². The van der Waals surface area contributed by atoms with Crippen molar-refractivity contribution in [3.8, 4) is 6.07 Å². The molecule has 1 amide bonds. The molecule has 128 valence electrons. The van der Waals surface area contributed by atoms with Crippen molar-refractivity contribution in [3.63, 3.8) is 0 Å². The summed E-state index contributed by atoms with van der Waals surface area (Å²) in [5, 5.41) is 12.7. The third-order valence-electron chi connectivity index (χ3n) is 5.45. The van der Waals surface area contributed by atoms with Crippen molar-refractivity contribution in [2.45, 2.75) is 49.0 Å². The predicted molar refractivity (Wildman–Crippen MR) is 90.5 cm³/mol. The molecule has 0 aromatic heterocycles. The van der Waals surface area contributed by atoms with Gasteiger partial charge in [-0.2, -0.15) is 5.26 Å². The molecule has 0 atom stereocenters. The summed E-state index contributed by atoms with van der Waals surface area (Å²) in [5.74, 6) is -0.390. The first-order valence-electron chi connectivity index (χ1n) is 7.92. The average Bonchev–Trinajstić information content (AvgIpc) is 2.55. The molecule has 0 saturated heterocycles. The Morgan fingerprint density at radius 1 is 1.21 bits per heavy atom. The molecule has 24 heavy (non-hydrogen) atoms. The minimum Gasteiger partial charge on any atom is -0.347 e. The van der Waals surface area contributed by atoms with Crippen LogP contribution >= 0.6 is 11.6 Å². The number of benzene rings is 1. The van der Waals surface area contributed by atoms with Crippen LogP contribution in [-0.2, 0) is 9.84 Å². The predicted octanol–water partition coefficient (Wildman–Crippen LogP) is 3.09. The van der Waals surface area contributed by atoms with E-state index in [4.69, 9.17) is 11.6 Å². The molecule has 0 heterocycles. The smallest absolute Gasteiger partial charge is 0.253 e. The first-order chi connectivity index (χ1) is 11.2. The topological polar surface area (TPSA) is 87.0 Å². The van der Waals surface area contributed by atoms with Gasteiger partial charge in [0.1, 0.15) is 0 Å². The summed E-state index contributed by atoms with van der Waals surface area (Å²) in [6.07, 6.45) is 5.68. The van der Waals surface area contributed by atoms with Gasteiger partial charge in [0.15, 0.2) is 9.84 Å². The number of nitrogens with one attached hydrogen (secondary N) is 1. The van der Waals surface area contributed by atoms with Crippen LogP contribution < -0.4 is 5.32 Å². The van der Waals surface area contributed by atoms with Crippen molar-refractivity contribution in [1.82, 2.24) is 5.32 Å². The minimum atomic E-state index is -3.56. The Kier molecular flexibility index (Phi) is 4.13. The number of nitrogens with zero attached hydrogens (tertiary/aromatic N) is 1. The van der Waals surface area contributed by atoms with Gasteiger partial charge in [0.2, 0.25) is 0 Å². The highest BCUT2D eigenvalue weighted by Crippen LogP contribution is 2.52. The summed E-state index contributed by atoms with van der Waals surface area (Å²) in [6.45, 7) is 0. The molecule has 3 fully saturated rings. The van der Waals surface area contributed by atoms with Gasteiger partial charge < -0.3 is 5.32 Å². The molecule has 0 spiro atoms. The van der Waals surface area contributed by atoms with Crippen LogP contribution in [0, 0.1) is 16.7 Å². The van der Waals surface area contributed by atoms with E-state index in [1.54, 1.807) is 0 Å². The van der Waals surface area contributed by atoms with Gasteiger partial charge in [-0.15, -0.1) is 0 Å². The third kappa shape index (κ3) is 3.03. The van der Waals surface area contributed by atoms with Crippen LogP contribution in [-0.4, -0.2) is 26.1 Å². The molecule has 7 heteroatoms. The molecule has 3 aliphatic rings. The Bertz CT molecular complexity index is 817. The van der Waals surface area contributed by atoms with Crippen molar-refractivity contribution in [1.29, 1.82) is 5.26 Å². The number of rotatable bonds is 3. The molecule has 0 unspecified atom stereocenters. The molecule has 0 aliphatic heterocycles. The molecule has 0 radical (unpaired) electrons. The fourth-order valence-corrected chi connectivity index (χ4v) is 4.98. The van der Waals surface area contributed by atoms with Gasteiger partial charge in [0, 0.05) is 16.8 Å². The number of sulfone groups is 1. The Hall–Kier alpha value is -1.58. The highest BCUT2D eigenvalue weighted by Gasteiger charge is 2.49. The van der Waals surface area contributed by atoms with Crippen molar-refractivity contribution < 1.29 is 13.2 Å². The summed E-state index contributed by atoms with van der Waals surface area (Å²) < 4.78 is 23.9. The highest BCUT2D eigenvalue weighted by atomic mass is 35.5. The molecule has 1 N–H and O–H groups in total. The van der Waals surface area contributed by atoms with Crippen molar-refractivity contribution in [3.05, 3.63) is 28.8 Å². The molecule has 4 rings (SSSR count). The van der Waals surface area contributed by atoms with E-state index in [0.717, 1.165) is 44.8 Å². The van der Waals surface area contributed by atoms with Crippen molar-refractivity contribution >= 4 is 27.3 Å². The van der Waals surface area contributed by atoms with Gasteiger partial charge in [-0.3, -0.25) is 4.79 Å². The van der Waals surface area contributed by atoms with E-state index >= 15 is 0 Å². The van der Waals surface area contributed by atoms with Gasteiger partial charge >= 0.3 is 0 Å². The number of hydrogen-bond acceptors (Lipinski definition) is 4. The second kappa shape index (κ2) is 5.75. The fraction of sp³-hybridized carbons (Fsp3) is 0.529. The van der Waals surface area contributed by atoms with Crippen LogP contribution in [0.1, 0.15) is 48.9 Å². The summed E-state index contributed by atoms with van der Waals surface area (Å²) in [5.41, 5.74) is -0.437. The standard InChI is InChI=1S/C17H19ClN2O3S/c1-24(22,23)14-10-12(18)2-3-13(14)15(21)20-17-7-4-16(11-19,5-8-17)6-9-17/h2-3,10H,4-9H2,1H3,(H,20,21). The molecular weight excluding hydrogens is 348 g/mol. The first kappa shape index (κ1) is 17.2. The average molecular weight is 367 g/mol. The van der Waals surface area contributed by atoms with Gasteiger partial charge in [-0.25, -0.2) is 8.42 Å². The van der Waals surface area contributed by atoms with E-state index in [-0.39, 0.29) is 26.4 Å². The highest BCUT2D eigenvalue weighted by molar-refractivity contribution is 7.90. The lowest BCUT2D eigenvalue weighted by Gasteiger charge is -2.50. The van der Waals surface area contributed by atoms with Gasteiger partial charge in [-0.05, 0) is 56.7 Å². The lowest BCUT2D eigenvalue weighted by Crippen LogP contribution is -2.56. The molecular formula is C17H19ClN2O3S. The molecule has 1 aromatic carbocycles. The summed E-state index contributed by atoms with van der Waals surface area (Å²) in [6, 6.07) is 6.72. The Labute approximate surface area is 146 Å². The van der Waals surface area contributed by atoms with Crippen LogP contribution in [0.4, 0.5) is 0 Å². The second-order valence-corrected chi connectivity index (χ2v) is 9.46. The number of hydrogen-bond donors (Lipinski definition) is 1.